The zero-order valence-corrected chi connectivity index (χ0v) is 12.1. The van der Waals surface area contributed by atoms with Gasteiger partial charge in [-0.05, 0) is 38.5 Å². The van der Waals surface area contributed by atoms with E-state index in [1.807, 2.05) is 18.2 Å². The summed E-state index contributed by atoms with van der Waals surface area (Å²) in [4.78, 5) is 2.12. The quantitative estimate of drug-likeness (QED) is 0.879. The first-order valence-electron chi connectivity index (χ1n) is 5.82. The fourth-order valence-electron chi connectivity index (χ4n) is 1.83. The van der Waals surface area contributed by atoms with E-state index in [-0.39, 0.29) is 6.61 Å². The molecule has 2 N–H and O–H groups in total. The molecule has 0 saturated carbocycles. The van der Waals surface area contributed by atoms with Gasteiger partial charge in [-0.1, -0.05) is 22.0 Å². The van der Waals surface area contributed by atoms with Crippen molar-refractivity contribution in [1.82, 2.24) is 0 Å². The average molecular weight is 302 g/mol. The Morgan fingerprint density at radius 1 is 1.29 bits per heavy atom. The predicted molar refractivity (Wildman–Crippen MR) is 74.3 cm³/mol. The van der Waals surface area contributed by atoms with Gasteiger partial charge in [0, 0.05) is 22.7 Å². The zero-order valence-electron chi connectivity index (χ0n) is 10.5. The van der Waals surface area contributed by atoms with Crippen molar-refractivity contribution in [3.05, 3.63) is 28.2 Å². The maximum absolute atomic E-state index is 9.56. The average Bonchev–Trinajstić information content (AvgIpc) is 2.24. The van der Waals surface area contributed by atoms with E-state index >= 15 is 0 Å². The number of aliphatic hydroxyl groups excluding tert-OH is 2. The van der Waals surface area contributed by atoms with Crippen molar-refractivity contribution in [2.24, 2.45) is 0 Å². The lowest BCUT2D eigenvalue weighted by molar-refractivity contribution is 0.198. The second kappa shape index (κ2) is 6.38. The predicted octanol–water partition coefficient (Wildman–Crippen LogP) is 2.71. The molecule has 3 nitrogen and oxygen atoms in total. The third-order valence-corrected chi connectivity index (χ3v) is 3.42. The summed E-state index contributed by atoms with van der Waals surface area (Å²) in [6, 6.07) is 6.20. The Morgan fingerprint density at radius 2 is 1.94 bits per heavy atom. The molecule has 1 aromatic carbocycles. The topological polar surface area (TPSA) is 43.7 Å². The van der Waals surface area contributed by atoms with Gasteiger partial charge in [-0.3, -0.25) is 0 Å². The monoisotopic (exact) mass is 301 g/mol. The first kappa shape index (κ1) is 14.5. The van der Waals surface area contributed by atoms with E-state index in [2.05, 4.69) is 34.7 Å². The van der Waals surface area contributed by atoms with Gasteiger partial charge >= 0.3 is 0 Å². The number of rotatable bonds is 5. The smallest absolute Gasteiger partial charge is 0.0772 e. The zero-order chi connectivity index (χ0) is 13.0. The van der Waals surface area contributed by atoms with Gasteiger partial charge in [-0.25, -0.2) is 0 Å². The number of nitrogens with zero attached hydrogens (tertiary/aromatic N) is 1. The van der Waals surface area contributed by atoms with Crippen LogP contribution in [-0.2, 0) is 0 Å². The lowest BCUT2D eigenvalue weighted by Crippen LogP contribution is -2.33. The van der Waals surface area contributed by atoms with Gasteiger partial charge in [-0.15, -0.1) is 0 Å². The molecule has 0 spiro atoms. The number of benzene rings is 1. The molecule has 0 aromatic heterocycles. The number of hydrogen-bond acceptors (Lipinski definition) is 3. The third kappa shape index (κ3) is 3.69. The van der Waals surface area contributed by atoms with Crippen LogP contribution in [0.25, 0.3) is 0 Å². The van der Waals surface area contributed by atoms with Crippen molar-refractivity contribution in [2.45, 2.75) is 32.9 Å². The molecule has 0 aliphatic heterocycles. The van der Waals surface area contributed by atoms with Crippen LogP contribution in [0.5, 0.6) is 0 Å². The van der Waals surface area contributed by atoms with Crippen molar-refractivity contribution in [2.75, 3.05) is 18.1 Å². The highest BCUT2D eigenvalue weighted by Gasteiger charge is 2.13. The molecule has 1 atom stereocenters. The number of anilines is 1. The van der Waals surface area contributed by atoms with E-state index in [0.29, 0.717) is 12.6 Å². The van der Waals surface area contributed by atoms with Gasteiger partial charge in [0.2, 0.25) is 0 Å². The van der Waals surface area contributed by atoms with Crippen LogP contribution in [0.3, 0.4) is 0 Å². The molecule has 0 aliphatic rings. The SMILES string of the molecule is CC(C)N(CCO)c1ccc([C@H](C)O)c(Br)c1. The molecule has 0 aliphatic carbocycles. The molecule has 96 valence electrons. The van der Waals surface area contributed by atoms with E-state index in [1.165, 1.54) is 0 Å². The van der Waals surface area contributed by atoms with Crippen LogP contribution < -0.4 is 4.90 Å². The Morgan fingerprint density at radius 3 is 2.35 bits per heavy atom. The summed E-state index contributed by atoms with van der Waals surface area (Å²) in [5.41, 5.74) is 1.92. The van der Waals surface area contributed by atoms with E-state index < -0.39 is 6.10 Å². The molecular weight excluding hydrogens is 282 g/mol. The molecule has 0 heterocycles. The summed E-state index contributed by atoms with van der Waals surface area (Å²) in [6.45, 7) is 6.66. The van der Waals surface area contributed by atoms with Crippen molar-refractivity contribution in [3.8, 4) is 0 Å². The number of halogens is 1. The molecule has 0 radical (unpaired) electrons. The summed E-state index contributed by atoms with van der Waals surface area (Å²) >= 11 is 3.47. The molecule has 17 heavy (non-hydrogen) atoms. The Kier molecular flexibility index (Phi) is 5.43. The van der Waals surface area contributed by atoms with Gasteiger partial charge in [-0.2, -0.15) is 0 Å². The van der Waals surface area contributed by atoms with Crippen molar-refractivity contribution >= 4 is 21.6 Å². The molecular formula is C13H20BrNO2. The summed E-state index contributed by atoms with van der Waals surface area (Å²) in [6.07, 6.45) is -0.483. The second-order valence-corrected chi connectivity index (χ2v) is 5.25. The van der Waals surface area contributed by atoms with Crippen LogP contribution in [-0.4, -0.2) is 29.4 Å². The molecule has 1 aromatic rings. The summed E-state index contributed by atoms with van der Waals surface area (Å²) in [7, 11) is 0. The molecule has 0 amide bonds. The van der Waals surface area contributed by atoms with Crippen LogP contribution in [0, 0.1) is 0 Å². The minimum absolute atomic E-state index is 0.133. The highest BCUT2D eigenvalue weighted by molar-refractivity contribution is 9.10. The fourth-order valence-corrected chi connectivity index (χ4v) is 2.52. The summed E-state index contributed by atoms with van der Waals surface area (Å²) in [5, 5.41) is 18.6. The molecule has 0 saturated heterocycles. The number of hydrogen-bond donors (Lipinski definition) is 2. The maximum atomic E-state index is 9.56. The van der Waals surface area contributed by atoms with Crippen LogP contribution in [0.4, 0.5) is 5.69 Å². The second-order valence-electron chi connectivity index (χ2n) is 4.39. The van der Waals surface area contributed by atoms with E-state index in [1.54, 1.807) is 6.92 Å². The molecule has 0 fully saturated rings. The van der Waals surface area contributed by atoms with E-state index in [4.69, 9.17) is 5.11 Å². The Labute approximate surface area is 111 Å². The van der Waals surface area contributed by atoms with Crippen LogP contribution in [0.2, 0.25) is 0 Å². The lowest BCUT2D eigenvalue weighted by atomic mass is 10.1. The molecule has 0 unspecified atom stereocenters. The van der Waals surface area contributed by atoms with Crippen molar-refractivity contribution in [1.29, 1.82) is 0 Å². The first-order valence-corrected chi connectivity index (χ1v) is 6.61. The van der Waals surface area contributed by atoms with Crippen molar-refractivity contribution < 1.29 is 10.2 Å². The molecule has 4 heteroatoms. The van der Waals surface area contributed by atoms with Crippen molar-refractivity contribution in [3.63, 3.8) is 0 Å². The lowest BCUT2D eigenvalue weighted by Gasteiger charge is -2.29. The van der Waals surface area contributed by atoms with E-state index in [9.17, 15) is 5.11 Å². The van der Waals surface area contributed by atoms with E-state index in [0.717, 1.165) is 15.7 Å². The normalized spacial score (nSPS) is 12.9. The van der Waals surface area contributed by atoms with Gasteiger partial charge in [0.15, 0.2) is 0 Å². The van der Waals surface area contributed by atoms with Gasteiger partial charge in [0.05, 0.1) is 12.7 Å². The van der Waals surface area contributed by atoms with Crippen LogP contribution in [0.1, 0.15) is 32.4 Å². The maximum Gasteiger partial charge on any atom is 0.0772 e. The highest BCUT2D eigenvalue weighted by atomic mass is 79.9. The molecule has 1 rings (SSSR count). The van der Waals surface area contributed by atoms with Gasteiger partial charge in [0.1, 0.15) is 0 Å². The van der Waals surface area contributed by atoms with Crippen LogP contribution in [0.15, 0.2) is 22.7 Å². The Balaban J connectivity index is 3.02. The van der Waals surface area contributed by atoms with Gasteiger partial charge in [0.25, 0.3) is 0 Å². The third-order valence-electron chi connectivity index (χ3n) is 2.73. The Hall–Kier alpha value is -0.580. The standard InChI is InChI=1S/C13H20BrNO2/c1-9(2)15(6-7-16)11-4-5-12(10(3)17)13(14)8-11/h4-5,8-10,16-17H,6-7H2,1-3H3/t10-/m0/s1. The first-order chi connectivity index (χ1) is 7.97. The number of aliphatic hydroxyl groups is 2. The summed E-state index contributed by atoms with van der Waals surface area (Å²) in [5.74, 6) is 0. The highest BCUT2D eigenvalue weighted by Crippen LogP contribution is 2.28. The summed E-state index contributed by atoms with van der Waals surface area (Å²) < 4.78 is 0.897. The van der Waals surface area contributed by atoms with Crippen LogP contribution >= 0.6 is 15.9 Å². The largest absolute Gasteiger partial charge is 0.395 e. The minimum Gasteiger partial charge on any atom is -0.395 e. The van der Waals surface area contributed by atoms with Gasteiger partial charge < -0.3 is 15.1 Å². The Bertz CT molecular complexity index is 366. The fraction of sp³-hybridized carbons (Fsp3) is 0.538. The molecule has 0 bridgehead atoms. The minimum atomic E-state index is -0.483.